The van der Waals surface area contributed by atoms with Gasteiger partial charge in [0.25, 0.3) is 5.91 Å². The van der Waals surface area contributed by atoms with Gasteiger partial charge < -0.3 is 9.64 Å². The predicted molar refractivity (Wildman–Crippen MR) is 70.6 cm³/mol. The Morgan fingerprint density at radius 3 is 2.59 bits per heavy atom. The summed E-state index contributed by atoms with van der Waals surface area (Å²) in [5.41, 5.74) is 1.63. The first-order chi connectivity index (χ1) is 8.13. The molecule has 1 aromatic rings. The molecule has 2 rings (SSSR count). The van der Waals surface area contributed by atoms with Crippen molar-refractivity contribution in [3.05, 3.63) is 27.7 Å². The third-order valence-electron chi connectivity index (χ3n) is 3.07. The second kappa shape index (κ2) is 5.08. The molecule has 17 heavy (non-hydrogen) atoms. The maximum Gasteiger partial charge on any atom is 0.257 e. The normalized spacial score (nSPS) is 15.1. The smallest absolute Gasteiger partial charge is 0.257 e. The molecule has 0 aromatic heterocycles. The summed E-state index contributed by atoms with van der Waals surface area (Å²) < 4.78 is 6.26. The number of carbonyl (C=O) groups is 1. The van der Waals surface area contributed by atoms with Crippen LogP contribution in [0.4, 0.5) is 0 Å². The molecular formula is C13H16BrNO2. The van der Waals surface area contributed by atoms with Gasteiger partial charge in [-0.25, -0.2) is 0 Å². The number of likely N-dealkylation sites (tertiary alicyclic amines) is 1. The summed E-state index contributed by atoms with van der Waals surface area (Å²) in [5, 5.41) is 0. The van der Waals surface area contributed by atoms with Gasteiger partial charge in [-0.1, -0.05) is 15.9 Å². The highest BCUT2D eigenvalue weighted by Crippen LogP contribution is 2.29. The number of methoxy groups -OCH3 is 1. The van der Waals surface area contributed by atoms with E-state index < -0.39 is 0 Å². The molecule has 0 bridgehead atoms. The van der Waals surface area contributed by atoms with Crippen molar-refractivity contribution in [1.82, 2.24) is 4.90 Å². The van der Waals surface area contributed by atoms with E-state index in [2.05, 4.69) is 15.9 Å². The Labute approximate surface area is 110 Å². The second-order valence-corrected chi connectivity index (χ2v) is 5.22. The number of halogens is 1. The van der Waals surface area contributed by atoms with E-state index in [9.17, 15) is 4.79 Å². The van der Waals surface area contributed by atoms with Crippen molar-refractivity contribution in [1.29, 1.82) is 0 Å². The lowest BCUT2D eigenvalue weighted by atomic mass is 10.1. The number of hydrogen-bond acceptors (Lipinski definition) is 2. The third kappa shape index (κ3) is 2.46. The van der Waals surface area contributed by atoms with Crippen molar-refractivity contribution in [3.63, 3.8) is 0 Å². The minimum Gasteiger partial charge on any atom is -0.496 e. The highest BCUT2D eigenvalue weighted by atomic mass is 79.9. The van der Waals surface area contributed by atoms with Gasteiger partial charge in [-0.15, -0.1) is 0 Å². The molecule has 0 unspecified atom stereocenters. The molecule has 0 N–H and O–H groups in total. The summed E-state index contributed by atoms with van der Waals surface area (Å²) in [6.07, 6.45) is 2.20. The van der Waals surface area contributed by atoms with Crippen LogP contribution in [0.3, 0.4) is 0 Å². The summed E-state index contributed by atoms with van der Waals surface area (Å²) in [7, 11) is 1.61. The molecule has 1 fully saturated rings. The van der Waals surface area contributed by atoms with E-state index >= 15 is 0 Å². The quantitative estimate of drug-likeness (QED) is 0.840. The third-order valence-corrected chi connectivity index (χ3v) is 3.53. The van der Waals surface area contributed by atoms with Crippen LogP contribution in [0.25, 0.3) is 0 Å². The number of carbonyl (C=O) groups excluding carboxylic acids is 1. The zero-order valence-corrected chi connectivity index (χ0v) is 11.7. The zero-order chi connectivity index (χ0) is 12.4. The van der Waals surface area contributed by atoms with Gasteiger partial charge in [-0.05, 0) is 37.5 Å². The highest BCUT2D eigenvalue weighted by Gasteiger charge is 2.23. The Hall–Kier alpha value is -1.03. The summed E-state index contributed by atoms with van der Waals surface area (Å²) in [5.74, 6) is 0.758. The SMILES string of the molecule is COc1c(C)cc(Br)cc1C(=O)N1CCCC1. The van der Waals surface area contributed by atoms with E-state index in [1.54, 1.807) is 7.11 Å². The average Bonchev–Trinajstić information content (AvgIpc) is 2.80. The average molecular weight is 298 g/mol. The number of amides is 1. The van der Waals surface area contributed by atoms with E-state index in [1.807, 2.05) is 24.0 Å². The van der Waals surface area contributed by atoms with Crippen LogP contribution in [-0.4, -0.2) is 31.0 Å². The zero-order valence-electron chi connectivity index (χ0n) is 10.1. The van der Waals surface area contributed by atoms with Gasteiger partial charge in [0.15, 0.2) is 0 Å². The predicted octanol–water partition coefficient (Wildman–Crippen LogP) is 3.00. The van der Waals surface area contributed by atoms with Gasteiger partial charge in [-0.2, -0.15) is 0 Å². The molecule has 1 aliphatic heterocycles. The molecule has 4 heteroatoms. The van der Waals surface area contributed by atoms with E-state index in [4.69, 9.17) is 4.74 Å². The van der Waals surface area contributed by atoms with Gasteiger partial charge in [0.05, 0.1) is 12.7 Å². The van der Waals surface area contributed by atoms with Crippen LogP contribution in [0.5, 0.6) is 5.75 Å². The van der Waals surface area contributed by atoms with Gasteiger partial charge in [-0.3, -0.25) is 4.79 Å². The molecule has 1 aromatic carbocycles. The van der Waals surface area contributed by atoms with Crippen molar-refractivity contribution < 1.29 is 9.53 Å². The van der Waals surface area contributed by atoms with Crippen LogP contribution in [0.15, 0.2) is 16.6 Å². The van der Waals surface area contributed by atoms with Gasteiger partial charge in [0, 0.05) is 17.6 Å². The number of aryl methyl sites for hydroxylation is 1. The first-order valence-electron chi connectivity index (χ1n) is 5.77. The van der Waals surface area contributed by atoms with E-state index in [0.717, 1.165) is 36.0 Å². The van der Waals surface area contributed by atoms with Crippen LogP contribution >= 0.6 is 15.9 Å². The number of rotatable bonds is 2. The van der Waals surface area contributed by atoms with Gasteiger partial charge >= 0.3 is 0 Å². The fraction of sp³-hybridized carbons (Fsp3) is 0.462. The largest absolute Gasteiger partial charge is 0.496 e. The summed E-state index contributed by atoms with van der Waals surface area (Å²) >= 11 is 3.43. The molecule has 1 saturated heterocycles. The molecule has 0 radical (unpaired) electrons. The fourth-order valence-electron chi connectivity index (χ4n) is 2.25. The van der Waals surface area contributed by atoms with Crippen LogP contribution < -0.4 is 4.74 Å². The van der Waals surface area contributed by atoms with Crippen LogP contribution in [0.2, 0.25) is 0 Å². The molecule has 1 aliphatic rings. The number of nitrogens with zero attached hydrogens (tertiary/aromatic N) is 1. The lowest BCUT2D eigenvalue weighted by Crippen LogP contribution is -2.28. The lowest BCUT2D eigenvalue weighted by molar-refractivity contribution is 0.0789. The van der Waals surface area contributed by atoms with Gasteiger partial charge in [0.2, 0.25) is 0 Å². The highest BCUT2D eigenvalue weighted by molar-refractivity contribution is 9.10. The molecule has 0 spiro atoms. The first-order valence-corrected chi connectivity index (χ1v) is 6.56. The van der Waals surface area contributed by atoms with Crippen LogP contribution in [0.1, 0.15) is 28.8 Å². The lowest BCUT2D eigenvalue weighted by Gasteiger charge is -2.18. The maximum absolute atomic E-state index is 12.4. The number of hydrogen-bond donors (Lipinski definition) is 0. The first kappa shape index (κ1) is 12.4. The van der Waals surface area contributed by atoms with Gasteiger partial charge in [0.1, 0.15) is 5.75 Å². The van der Waals surface area contributed by atoms with Crippen molar-refractivity contribution >= 4 is 21.8 Å². The number of ether oxygens (including phenoxy) is 1. The molecule has 3 nitrogen and oxygen atoms in total. The van der Waals surface area contributed by atoms with Crippen molar-refractivity contribution in [2.24, 2.45) is 0 Å². The summed E-state index contributed by atoms with van der Waals surface area (Å²) in [6.45, 7) is 3.66. The topological polar surface area (TPSA) is 29.5 Å². The minimum absolute atomic E-state index is 0.0729. The second-order valence-electron chi connectivity index (χ2n) is 4.30. The molecule has 0 aliphatic carbocycles. The molecule has 1 amide bonds. The Bertz CT molecular complexity index is 439. The monoisotopic (exact) mass is 297 g/mol. The van der Waals surface area contributed by atoms with Crippen LogP contribution in [-0.2, 0) is 0 Å². The van der Waals surface area contributed by atoms with Crippen LogP contribution in [0, 0.1) is 6.92 Å². The molecule has 92 valence electrons. The number of benzene rings is 1. The van der Waals surface area contributed by atoms with Crippen molar-refractivity contribution in [2.45, 2.75) is 19.8 Å². The molecule has 0 atom stereocenters. The summed E-state index contributed by atoms with van der Waals surface area (Å²) in [4.78, 5) is 14.2. The molecular weight excluding hydrogens is 282 g/mol. The van der Waals surface area contributed by atoms with E-state index in [0.29, 0.717) is 11.3 Å². The minimum atomic E-state index is 0.0729. The van der Waals surface area contributed by atoms with Crippen molar-refractivity contribution in [2.75, 3.05) is 20.2 Å². The standard InChI is InChI=1S/C13H16BrNO2/c1-9-7-10(14)8-11(12(9)17-2)13(16)15-5-3-4-6-15/h7-8H,3-6H2,1-2H3. The Morgan fingerprint density at radius 2 is 2.00 bits per heavy atom. The maximum atomic E-state index is 12.4. The molecule has 1 heterocycles. The van der Waals surface area contributed by atoms with Crippen molar-refractivity contribution in [3.8, 4) is 5.75 Å². The van der Waals surface area contributed by atoms with E-state index in [-0.39, 0.29) is 5.91 Å². The Kier molecular flexibility index (Phi) is 3.72. The molecule has 0 saturated carbocycles. The summed E-state index contributed by atoms with van der Waals surface area (Å²) in [6, 6.07) is 3.80. The Morgan fingerprint density at radius 1 is 1.35 bits per heavy atom. The van der Waals surface area contributed by atoms with E-state index in [1.165, 1.54) is 0 Å². The fourth-order valence-corrected chi connectivity index (χ4v) is 2.82. The Balaban J connectivity index is 2.39.